The van der Waals surface area contributed by atoms with Crippen LogP contribution in [0.1, 0.15) is 36.6 Å². The second-order valence-electron chi connectivity index (χ2n) is 5.27. The van der Waals surface area contributed by atoms with Crippen LogP contribution in [0.2, 0.25) is 0 Å². The lowest BCUT2D eigenvalue weighted by molar-refractivity contribution is 0.285. The molecule has 1 saturated heterocycles. The number of thiophene rings is 1. The summed E-state index contributed by atoms with van der Waals surface area (Å²) in [5.41, 5.74) is 0.856. The van der Waals surface area contributed by atoms with Gasteiger partial charge in [-0.25, -0.2) is 8.42 Å². The van der Waals surface area contributed by atoms with Gasteiger partial charge in [-0.3, -0.25) is 0 Å². The Labute approximate surface area is 119 Å². The van der Waals surface area contributed by atoms with Gasteiger partial charge in [-0.05, 0) is 43.7 Å². The molecule has 1 unspecified atom stereocenters. The van der Waals surface area contributed by atoms with E-state index in [1.807, 2.05) is 6.92 Å². The summed E-state index contributed by atoms with van der Waals surface area (Å²) in [6.45, 7) is 5.14. The van der Waals surface area contributed by atoms with Crippen molar-refractivity contribution in [1.82, 2.24) is 4.31 Å². The second kappa shape index (κ2) is 5.91. The molecule has 0 amide bonds. The lowest BCUT2D eigenvalue weighted by Gasteiger charge is -2.18. The summed E-state index contributed by atoms with van der Waals surface area (Å²) in [5.74, 6) is 0.596. The number of hydrogen-bond donors (Lipinski definition) is 1. The van der Waals surface area contributed by atoms with Crippen molar-refractivity contribution in [3.05, 3.63) is 16.5 Å². The van der Waals surface area contributed by atoms with Crippen LogP contribution < -0.4 is 0 Å². The third-order valence-corrected chi connectivity index (χ3v) is 7.28. The van der Waals surface area contributed by atoms with Crippen LogP contribution in [0.3, 0.4) is 0 Å². The highest BCUT2D eigenvalue weighted by molar-refractivity contribution is 7.91. The molecule has 1 atom stereocenters. The van der Waals surface area contributed by atoms with E-state index in [4.69, 9.17) is 0 Å². The third-order valence-electron chi connectivity index (χ3n) is 3.71. The maximum absolute atomic E-state index is 12.6. The first-order chi connectivity index (χ1) is 8.95. The highest BCUT2D eigenvalue weighted by Gasteiger charge is 2.28. The Kier molecular flexibility index (Phi) is 4.66. The number of rotatable bonds is 3. The quantitative estimate of drug-likeness (QED) is 0.932. The Hall–Kier alpha value is -0.430. The van der Waals surface area contributed by atoms with E-state index in [-0.39, 0.29) is 6.61 Å². The van der Waals surface area contributed by atoms with Crippen molar-refractivity contribution < 1.29 is 13.5 Å². The Morgan fingerprint density at radius 1 is 1.42 bits per heavy atom. The lowest BCUT2D eigenvalue weighted by Crippen LogP contribution is -2.31. The van der Waals surface area contributed by atoms with E-state index in [1.165, 1.54) is 11.3 Å². The van der Waals surface area contributed by atoms with Gasteiger partial charge in [0, 0.05) is 18.0 Å². The fourth-order valence-electron chi connectivity index (χ4n) is 2.38. The predicted molar refractivity (Wildman–Crippen MR) is 76.8 cm³/mol. The first kappa shape index (κ1) is 15.0. The second-order valence-corrected chi connectivity index (χ2v) is 8.57. The van der Waals surface area contributed by atoms with Gasteiger partial charge in [0.15, 0.2) is 0 Å². The van der Waals surface area contributed by atoms with Crippen molar-refractivity contribution >= 4 is 21.4 Å². The molecule has 1 aliphatic rings. The van der Waals surface area contributed by atoms with Gasteiger partial charge in [0.2, 0.25) is 0 Å². The summed E-state index contributed by atoms with van der Waals surface area (Å²) < 4.78 is 27.1. The summed E-state index contributed by atoms with van der Waals surface area (Å²) in [6.07, 6.45) is 2.95. The highest BCUT2D eigenvalue weighted by atomic mass is 32.2. The molecule has 2 rings (SSSR count). The van der Waals surface area contributed by atoms with Crippen LogP contribution in [0.15, 0.2) is 10.3 Å². The molecule has 1 aliphatic heterocycles. The van der Waals surface area contributed by atoms with Crippen LogP contribution >= 0.6 is 11.3 Å². The summed E-state index contributed by atoms with van der Waals surface area (Å²) >= 11 is 1.19. The lowest BCUT2D eigenvalue weighted by atomic mass is 10.0. The Bertz CT molecular complexity index is 536. The fraction of sp³-hybridized carbons (Fsp3) is 0.692. The molecule has 6 heteroatoms. The molecule has 0 aliphatic carbocycles. The van der Waals surface area contributed by atoms with Gasteiger partial charge in [0.05, 0.1) is 6.61 Å². The van der Waals surface area contributed by atoms with Crippen molar-refractivity contribution in [2.45, 2.75) is 43.9 Å². The Balaban J connectivity index is 2.25. The first-order valence-corrected chi connectivity index (χ1v) is 8.91. The molecular formula is C13H21NO3S2. The van der Waals surface area contributed by atoms with Crippen LogP contribution in [0, 0.1) is 12.8 Å². The van der Waals surface area contributed by atoms with E-state index in [1.54, 1.807) is 10.4 Å². The largest absolute Gasteiger partial charge is 0.391 e. The first-order valence-electron chi connectivity index (χ1n) is 6.65. The predicted octanol–water partition coefficient (Wildman–Crippen LogP) is 2.36. The minimum absolute atomic E-state index is 0.0942. The van der Waals surface area contributed by atoms with Gasteiger partial charge in [0.25, 0.3) is 10.0 Å². The van der Waals surface area contributed by atoms with E-state index < -0.39 is 10.0 Å². The number of aliphatic hydroxyl groups is 1. The molecule has 0 aromatic carbocycles. The van der Waals surface area contributed by atoms with Gasteiger partial charge in [-0.2, -0.15) is 4.31 Å². The van der Waals surface area contributed by atoms with Crippen molar-refractivity contribution in [3.63, 3.8) is 0 Å². The minimum Gasteiger partial charge on any atom is -0.391 e. The molecule has 1 N–H and O–H groups in total. The molecule has 4 nitrogen and oxygen atoms in total. The van der Waals surface area contributed by atoms with Crippen LogP contribution in [0.4, 0.5) is 0 Å². The average molecular weight is 303 g/mol. The van der Waals surface area contributed by atoms with Crippen LogP contribution in [0.25, 0.3) is 0 Å². The molecule has 1 aromatic heterocycles. The molecule has 0 spiro atoms. The maximum Gasteiger partial charge on any atom is 0.252 e. The maximum atomic E-state index is 12.6. The Morgan fingerprint density at radius 2 is 2.16 bits per heavy atom. The number of aryl methyl sites for hydroxylation is 1. The average Bonchev–Trinajstić information content (AvgIpc) is 2.60. The SMILES string of the molecule is Cc1cc(S(=O)(=O)N2CCCC(C)CC2)sc1CO. The number of aliphatic hydroxyl groups excluding tert-OH is 1. The van der Waals surface area contributed by atoms with Crippen LogP contribution in [-0.4, -0.2) is 30.9 Å². The van der Waals surface area contributed by atoms with Crippen LogP contribution in [-0.2, 0) is 16.6 Å². The van der Waals surface area contributed by atoms with Gasteiger partial charge in [-0.1, -0.05) is 6.92 Å². The highest BCUT2D eigenvalue weighted by Crippen LogP contribution is 2.30. The van der Waals surface area contributed by atoms with E-state index in [9.17, 15) is 13.5 Å². The minimum atomic E-state index is -3.38. The zero-order valence-electron chi connectivity index (χ0n) is 11.4. The van der Waals surface area contributed by atoms with E-state index in [2.05, 4.69) is 6.92 Å². The standard InChI is InChI=1S/C13H21NO3S2/c1-10-4-3-6-14(7-5-10)19(16,17)13-8-11(2)12(9-15)18-13/h8,10,15H,3-7,9H2,1-2H3. The molecule has 0 radical (unpaired) electrons. The van der Waals surface area contributed by atoms with Gasteiger partial charge in [0.1, 0.15) is 4.21 Å². The molecule has 19 heavy (non-hydrogen) atoms. The van der Waals surface area contributed by atoms with Gasteiger partial charge in [-0.15, -0.1) is 11.3 Å². The summed E-state index contributed by atoms with van der Waals surface area (Å²) in [5, 5.41) is 9.19. The fourth-order valence-corrected chi connectivity index (χ4v) is 5.47. The molecule has 1 aromatic rings. The number of sulfonamides is 1. The number of hydrogen-bond acceptors (Lipinski definition) is 4. The van der Waals surface area contributed by atoms with Crippen molar-refractivity contribution in [2.75, 3.05) is 13.1 Å². The third kappa shape index (κ3) is 3.18. The molecule has 0 saturated carbocycles. The molecular weight excluding hydrogens is 282 g/mol. The van der Waals surface area contributed by atoms with E-state index in [0.717, 1.165) is 29.7 Å². The van der Waals surface area contributed by atoms with Crippen molar-refractivity contribution in [1.29, 1.82) is 0 Å². The topological polar surface area (TPSA) is 57.6 Å². The molecule has 108 valence electrons. The van der Waals surface area contributed by atoms with E-state index >= 15 is 0 Å². The molecule has 1 fully saturated rings. The van der Waals surface area contributed by atoms with Gasteiger partial charge < -0.3 is 5.11 Å². The Morgan fingerprint density at radius 3 is 2.79 bits per heavy atom. The molecule has 2 heterocycles. The summed E-state index contributed by atoms with van der Waals surface area (Å²) in [4.78, 5) is 0.738. The van der Waals surface area contributed by atoms with Crippen LogP contribution in [0.5, 0.6) is 0 Å². The number of nitrogens with zero attached hydrogens (tertiary/aromatic N) is 1. The smallest absolute Gasteiger partial charge is 0.252 e. The molecule has 0 bridgehead atoms. The summed E-state index contributed by atoms with van der Waals surface area (Å²) in [6, 6.07) is 1.68. The monoisotopic (exact) mass is 303 g/mol. The zero-order valence-corrected chi connectivity index (χ0v) is 13.1. The zero-order chi connectivity index (χ0) is 14.0. The van der Waals surface area contributed by atoms with E-state index in [0.29, 0.717) is 23.2 Å². The van der Waals surface area contributed by atoms with Gasteiger partial charge >= 0.3 is 0 Å². The van der Waals surface area contributed by atoms with Crippen molar-refractivity contribution in [2.24, 2.45) is 5.92 Å². The summed E-state index contributed by atoms with van der Waals surface area (Å²) in [7, 11) is -3.38. The normalized spacial score (nSPS) is 22.4. The van der Waals surface area contributed by atoms with Crippen molar-refractivity contribution in [3.8, 4) is 0 Å².